The van der Waals surface area contributed by atoms with Crippen molar-refractivity contribution in [1.29, 1.82) is 0 Å². The summed E-state index contributed by atoms with van der Waals surface area (Å²) in [6.45, 7) is 2.91. The van der Waals surface area contributed by atoms with Crippen LogP contribution in [0.25, 0.3) is 0 Å². The van der Waals surface area contributed by atoms with Crippen molar-refractivity contribution < 1.29 is 31.1 Å². The van der Waals surface area contributed by atoms with Crippen molar-refractivity contribution in [3.05, 3.63) is 12.7 Å². The van der Waals surface area contributed by atoms with Gasteiger partial charge in [-0.3, -0.25) is 0 Å². The number of hydrogen-bond donors (Lipinski definition) is 0. The molecule has 0 N–H and O–H groups in total. The molecule has 0 aliphatic carbocycles. The van der Waals surface area contributed by atoms with Crippen LogP contribution in [0.3, 0.4) is 0 Å². The average molecular weight is 326 g/mol. The van der Waals surface area contributed by atoms with Gasteiger partial charge in [0.15, 0.2) is 0 Å². The van der Waals surface area contributed by atoms with Crippen LogP contribution in [0.4, 0.5) is 26.3 Å². The second kappa shape index (κ2) is 4.54. The number of carbonyl (C=O) groups excluding carboxylic acids is 1. The van der Waals surface area contributed by atoms with E-state index in [0.717, 1.165) is 0 Å². The summed E-state index contributed by atoms with van der Waals surface area (Å²) < 4.78 is 62.7. The Balaban J connectivity index is 4.85. The summed E-state index contributed by atoms with van der Waals surface area (Å²) in [7, 11) is 0. The molecule has 0 saturated carbocycles. The van der Waals surface area contributed by atoms with Gasteiger partial charge in [-0.25, -0.2) is 0 Å². The fourth-order valence-electron chi connectivity index (χ4n) is 0.653. The van der Waals surface area contributed by atoms with Crippen LogP contribution in [0.15, 0.2) is 12.7 Å². The minimum absolute atomic E-state index is 0.714. The molecule has 0 rings (SSSR count). The zero-order chi connectivity index (χ0) is 11.6. The van der Waals surface area contributed by atoms with E-state index in [1.807, 2.05) is 0 Å². The van der Waals surface area contributed by atoms with Crippen molar-refractivity contribution in [2.45, 2.75) is 14.8 Å². The van der Waals surface area contributed by atoms with E-state index in [4.69, 9.17) is 0 Å². The van der Waals surface area contributed by atoms with Crippen LogP contribution in [0.2, 0.25) is 4.44 Å². The summed E-state index contributed by atoms with van der Waals surface area (Å²) >= 11 is -5.14. The second-order valence-electron chi connectivity index (χ2n) is 2.30. The molecule has 0 unspecified atom stereocenters. The Bertz CT molecular complexity index is 229. The summed E-state index contributed by atoms with van der Waals surface area (Å²) in [5.74, 6) is 0. The monoisotopic (exact) mass is 327 g/mol. The van der Waals surface area contributed by atoms with Crippen molar-refractivity contribution in [2.24, 2.45) is 0 Å². The molecule has 0 aromatic heterocycles. The fourth-order valence-corrected chi connectivity index (χ4v) is 4.38. The Hall–Kier alpha value is -0.211. The van der Waals surface area contributed by atoms with Gasteiger partial charge in [0.2, 0.25) is 0 Å². The molecule has 1 nitrogen and oxygen atoms in total. The predicted octanol–water partition coefficient (Wildman–Crippen LogP) is 2.44. The summed E-state index contributed by atoms with van der Waals surface area (Å²) in [6, 6.07) is 0. The third-order valence-corrected chi connectivity index (χ3v) is 7.54. The quantitative estimate of drug-likeness (QED) is 0.442. The Kier molecular flexibility index (Phi) is 4.47. The van der Waals surface area contributed by atoms with Crippen molar-refractivity contribution in [3.63, 3.8) is 0 Å². The molecule has 14 heavy (non-hydrogen) atoms. The van der Waals surface area contributed by atoms with Gasteiger partial charge in [0.1, 0.15) is 0 Å². The van der Waals surface area contributed by atoms with E-state index in [-0.39, 0.29) is 0 Å². The Morgan fingerprint density at radius 1 is 1.21 bits per heavy atom. The van der Waals surface area contributed by atoms with Crippen LogP contribution in [-0.2, 0) is 4.79 Å². The van der Waals surface area contributed by atoms with Crippen LogP contribution in [0.5, 0.6) is 0 Å². The summed E-state index contributed by atoms with van der Waals surface area (Å²) in [5, 5.41) is 0. The summed E-state index contributed by atoms with van der Waals surface area (Å²) in [4.78, 5) is 10.4. The van der Waals surface area contributed by atoms with Gasteiger partial charge in [0.25, 0.3) is 0 Å². The molecule has 0 saturated heterocycles. The van der Waals surface area contributed by atoms with Gasteiger partial charge in [-0.2, -0.15) is 0 Å². The molecule has 0 amide bonds. The van der Waals surface area contributed by atoms with E-state index in [1.165, 1.54) is 0 Å². The first-order valence-electron chi connectivity index (χ1n) is 3.26. The zero-order valence-electron chi connectivity index (χ0n) is 6.67. The number of rotatable bonds is 3. The van der Waals surface area contributed by atoms with E-state index in [2.05, 4.69) is 6.58 Å². The van der Waals surface area contributed by atoms with Gasteiger partial charge in [0, 0.05) is 0 Å². The molecule has 0 aliphatic heterocycles. The van der Waals surface area contributed by atoms with Gasteiger partial charge < -0.3 is 0 Å². The molecule has 0 bridgehead atoms. The number of halogens is 6. The van der Waals surface area contributed by atoms with Gasteiger partial charge in [-0.05, 0) is 0 Å². The Morgan fingerprint density at radius 2 is 1.64 bits per heavy atom. The number of hydrogen-bond acceptors (Lipinski definition) is 1. The van der Waals surface area contributed by atoms with E-state index in [0.29, 0.717) is 6.08 Å². The molecule has 0 aliphatic rings. The minimum atomic E-state index is -5.38. The van der Waals surface area contributed by atoms with E-state index < -0.39 is 38.4 Å². The molecule has 8 heteroatoms. The van der Waals surface area contributed by atoms with Crippen LogP contribution < -0.4 is 0 Å². The summed E-state index contributed by atoms with van der Waals surface area (Å²) in [6.07, 6.45) is -4.67. The zero-order valence-corrected chi connectivity index (χ0v) is 9.52. The van der Waals surface area contributed by atoms with Gasteiger partial charge in [-0.1, -0.05) is 0 Å². The van der Waals surface area contributed by atoms with E-state index in [1.54, 1.807) is 0 Å². The maximum absolute atomic E-state index is 12.0. The summed E-state index contributed by atoms with van der Waals surface area (Å²) in [5.41, 5.74) is 0. The predicted molar refractivity (Wildman–Crippen MR) is 37.9 cm³/mol. The second-order valence-corrected chi connectivity index (χ2v) is 9.11. The third kappa shape index (κ3) is 3.89. The fraction of sp³-hybridized carbons (Fsp3) is 0.500. The SMILES string of the molecule is C=C[CH2][Sn]([C](=O)C(F)(F)F)[C](F)(F)F. The van der Waals surface area contributed by atoms with E-state index >= 15 is 0 Å². The van der Waals surface area contributed by atoms with Crippen LogP contribution in [0, 0.1) is 0 Å². The van der Waals surface area contributed by atoms with Gasteiger partial charge in [0.05, 0.1) is 0 Å². The normalized spacial score (nSPS) is 13.1. The van der Waals surface area contributed by atoms with Crippen LogP contribution in [-0.4, -0.2) is 33.9 Å². The van der Waals surface area contributed by atoms with Crippen LogP contribution in [0.1, 0.15) is 0 Å². The molecule has 0 heterocycles. The molecule has 0 spiro atoms. The number of carbonyl (C=O) groups is 1. The topological polar surface area (TPSA) is 17.1 Å². The van der Waals surface area contributed by atoms with Crippen LogP contribution >= 0.6 is 0 Å². The van der Waals surface area contributed by atoms with E-state index in [9.17, 15) is 31.1 Å². The van der Waals surface area contributed by atoms with Gasteiger partial charge >= 0.3 is 82.2 Å². The molecule has 1 radical (unpaired) electrons. The standard InChI is InChI=1S/C3H5.C2F3O.CF3.Sn/c1-3-2;3-2(4,5)1-6;2-1(3)4;/h3H,1-2H2;;;. The first-order valence-corrected chi connectivity index (χ1v) is 8.13. The molecular weight excluding hydrogens is 321 g/mol. The first kappa shape index (κ1) is 13.8. The van der Waals surface area contributed by atoms with Crippen molar-refractivity contribution in [3.8, 4) is 0 Å². The Labute approximate surface area is 82.5 Å². The van der Waals surface area contributed by atoms with Crippen molar-refractivity contribution in [2.75, 3.05) is 0 Å². The number of alkyl halides is 6. The van der Waals surface area contributed by atoms with Crippen molar-refractivity contribution >= 4 is 23.6 Å². The Morgan fingerprint density at radius 3 is 1.86 bits per heavy atom. The molecule has 0 atom stereocenters. The molecule has 0 aromatic rings. The molecule has 81 valence electrons. The first-order chi connectivity index (χ1) is 6.10. The van der Waals surface area contributed by atoms with Gasteiger partial charge in [-0.15, -0.1) is 0 Å². The third-order valence-electron chi connectivity index (χ3n) is 1.22. The van der Waals surface area contributed by atoms with Crippen molar-refractivity contribution in [1.82, 2.24) is 0 Å². The molecule has 0 fully saturated rings. The maximum atomic E-state index is 12.0. The average Bonchev–Trinajstić information content (AvgIpc) is 1.94. The number of allylic oxidation sites excluding steroid dienone is 1. The molecule has 0 aromatic carbocycles. The molecular formula is C6H5F6OSn.